The second-order valence-electron chi connectivity index (χ2n) is 8.59. The molecule has 0 spiro atoms. The van der Waals surface area contributed by atoms with Crippen molar-refractivity contribution in [3.63, 3.8) is 0 Å². The molecule has 174 valence electrons. The average molecular weight is 425 g/mol. The number of allylic oxidation sites excluding steroid dienone is 5. The molecule has 1 nitrogen and oxygen atoms in total. The van der Waals surface area contributed by atoms with Gasteiger partial charge in [0.2, 0.25) is 0 Å². The van der Waals surface area contributed by atoms with Gasteiger partial charge in [0.1, 0.15) is 0 Å². The summed E-state index contributed by atoms with van der Waals surface area (Å²) in [5.74, 6) is 4.96. The third-order valence-corrected chi connectivity index (χ3v) is 5.66. The molecule has 0 saturated carbocycles. The highest BCUT2D eigenvalue weighted by atomic mass is 16.3. The van der Waals surface area contributed by atoms with E-state index in [9.17, 15) is 5.11 Å². The van der Waals surface area contributed by atoms with Crippen molar-refractivity contribution in [3.05, 3.63) is 36.5 Å². The summed E-state index contributed by atoms with van der Waals surface area (Å²) in [6.45, 7) is 0. The van der Waals surface area contributed by atoms with Crippen molar-refractivity contribution in [3.8, 4) is 24.7 Å². The fourth-order valence-corrected chi connectivity index (χ4v) is 3.73. The summed E-state index contributed by atoms with van der Waals surface area (Å²) in [7, 11) is 0. The van der Waals surface area contributed by atoms with E-state index in [-0.39, 0.29) is 6.10 Å². The van der Waals surface area contributed by atoms with Gasteiger partial charge >= 0.3 is 0 Å². The molecule has 31 heavy (non-hydrogen) atoms. The lowest BCUT2D eigenvalue weighted by atomic mass is 10.0. The van der Waals surface area contributed by atoms with Crippen molar-refractivity contribution >= 4 is 0 Å². The Bertz CT molecular complexity index is 526. The first kappa shape index (κ1) is 29.3. The standard InChI is InChI=1S/C30H48O/c1-3-5-7-8-9-10-11-12-13-14-15-16-17-18-19-20-21-22-23-24-25-26-27-29-30(31)28-6-4-2/h1-2,5-7,18-19,28,30-31H,8-17,20-27,29H2. The Morgan fingerprint density at radius 1 is 0.516 bits per heavy atom. The van der Waals surface area contributed by atoms with Crippen molar-refractivity contribution in [1.29, 1.82) is 0 Å². The van der Waals surface area contributed by atoms with Crippen LogP contribution in [0.15, 0.2) is 36.5 Å². The van der Waals surface area contributed by atoms with Gasteiger partial charge in [-0.15, -0.1) is 12.8 Å². The largest absolute Gasteiger partial charge is 0.389 e. The zero-order chi connectivity index (χ0) is 22.7. The Kier molecular flexibility index (Phi) is 24.9. The van der Waals surface area contributed by atoms with E-state index in [1.807, 2.05) is 6.08 Å². The Hall–Kier alpha value is -1.70. The molecule has 0 rings (SSSR count). The van der Waals surface area contributed by atoms with E-state index in [4.69, 9.17) is 12.8 Å². The molecule has 0 aliphatic heterocycles. The number of aliphatic hydroxyl groups excluding tert-OH is 1. The molecular weight excluding hydrogens is 376 g/mol. The first-order valence-corrected chi connectivity index (χ1v) is 12.9. The molecule has 0 aliphatic carbocycles. The molecule has 0 aromatic carbocycles. The van der Waals surface area contributed by atoms with Gasteiger partial charge in [-0.2, -0.15) is 0 Å². The molecule has 0 radical (unpaired) electrons. The predicted molar refractivity (Wildman–Crippen MR) is 139 cm³/mol. The summed E-state index contributed by atoms with van der Waals surface area (Å²) in [6, 6.07) is 0. The molecule has 0 saturated heterocycles. The molecule has 1 N–H and O–H groups in total. The highest BCUT2D eigenvalue weighted by Crippen LogP contribution is 2.13. The van der Waals surface area contributed by atoms with Crippen molar-refractivity contribution < 1.29 is 5.11 Å². The minimum Gasteiger partial charge on any atom is -0.389 e. The van der Waals surface area contributed by atoms with Gasteiger partial charge in [-0.25, -0.2) is 0 Å². The normalized spacial score (nSPS) is 12.6. The number of unbranched alkanes of at least 4 members (excludes halogenated alkanes) is 16. The van der Waals surface area contributed by atoms with Crippen molar-refractivity contribution in [2.45, 2.75) is 128 Å². The van der Waals surface area contributed by atoms with Crippen LogP contribution in [-0.2, 0) is 0 Å². The Labute approximate surface area is 194 Å². The first-order chi connectivity index (χ1) is 15.3. The van der Waals surface area contributed by atoms with Gasteiger partial charge in [-0.3, -0.25) is 0 Å². The fraction of sp³-hybridized carbons (Fsp3) is 0.667. The zero-order valence-electron chi connectivity index (χ0n) is 20.1. The van der Waals surface area contributed by atoms with Crippen molar-refractivity contribution in [2.75, 3.05) is 0 Å². The summed E-state index contributed by atoms with van der Waals surface area (Å²) in [6.07, 6.45) is 46.2. The summed E-state index contributed by atoms with van der Waals surface area (Å²) in [4.78, 5) is 0. The van der Waals surface area contributed by atoms with E-state index in [0.29, 0.717) is 0 Å². The molecular formula is C30H48O. The SMILES string of the molecule is C#CC=CCCCCCCCCCCC=CCCCCCCCCCC(O)C=CC#C. The van der Waals surface area contributed by atoms with Crippen LogP contribution in [0.1, 0.15) is 122 Å². The minimum atomic E-state index is -0.370. The van der Waals surface area contributed by atoms with Crippen LogP contribution < -0.4 is 0 Å². The minimum absolute atomic E-state index is 0.370. The molecule has 1 unspecified atom stereocenters. The number of hydrogen-bond acceptors (Lipinski definition) is 1. The van der Waals surface area contributed by atoms with Gasteiger partial charge in [0.05, 0.1) is 6.10 Å². The topological polar surface area (TPSA) is 20.2 Å². The van der Waals surface area contributed by atoms with Gasteiger partial charge < -0.3 is 5.11 Å². The number of terminal acetylenes is 2. The average Bonchev–Trinajstić information content (AvgIpc) is 2.78. The second kappa shape index (κ2) is 26.3. The van der Waals surface area contributed by atoms with Gasteiger partial charge in [-0.05, 0) is 63.2 Å². The molecule has 0 heterocycles. The van der Waals surface area contributed by atoms with Crippen LogP contribution in [0.3, 0.4) is 0 Å². The number of aliphatic hydroxyl groups is 1. The van der Waals surface area contributed by atoms with E-state index in [1.54, 1.807) is 12.2 Å². The Balaban J connectivity index is 3.18. The van der Waals surface area contributed by atoms with E-state index in [0.717, 1.165) is 19.3 Å². The molecule has 0 aromatic heterocycles. The summed E-state index contributed by atoms with van der Waals surface area (Å²) in [5.41, 5.74) is 0. The maximum absolute atomic E-state index is 9.66. The van der Waals surface area contributed by atoms with Crippen molar-refractivity contribution in [2.24, 2.45) is 0 Å². The first-order valence-electron chi connectivity index (χ1n) is 12.9. The lowest BCUT2D eigenvalue weighted by Gasteiger charge is -2.05. The van der Waals surface area contributed by atoms with E-state index in [1.165, 1.54) is 103 Å². The number of hydrogen-bond donors (Lipinski definition) is 1. The van der Waals surface area contributed by atoms with Gasteiger partial charge in [0.25, 0.3) is 0 Å². The van der Waals surface area contributed by atoms with Crippen LogP contribution in [0.4, 0.5) is 0 Å². The van der Waals surface area contributed by atoms with Crippen LogP contribution in [0.2, 0.25) is 0 Å². The van der Waals surface area contributed by atoms with Crippen molar-refractivity contribution in [1.82, 2.24) is 0 Å². The molecule has 0 bridgehead atoms. The smallest absolute Gasteiger partial charge is 0.0730 e. The Morgan fingerprint density at radius 2 is 0.903 bits per heavy atom. The van der Waals surface area contributed by atoms with Gasteiger partial charge in [-0.1, -0.05) is 107 Å². The molecule has 0 amide bonds. The van der Waals surface area contributed by atoms with Crippen LogP contribution >= 0.6 is 0 Å². The lowest BCUT2D eigenvalue weighted by Crippen LogP contribution is -2.01. The highest BCUT2D eigenvalue weighted by molar-refractivity contribution is 5.10. The fourth-order valence-electron chi connectivity index (χ4n) is 3.73. The molecule has 0 aromatic rings. The monoisotopic (exact) mass is 424 g/mol. The zero-order valence-corrected chi connectivity index (χ0v) is 20.1. The molecule has 0 aliphatic rings. The van der Waals surface area contributed by atoms with Crippen LogP contribution in [0.25, 0.3) is 0 Å². The van der Waals surface area contributed by atoms with Crippen LogP contribution in [0, 0.1) is 24.7 Å². The van der Waals surface area contributed by atoms with Gasteiger partial charge in [0.15, 0.2) is 0 Å². The predicted octanol–water partition coefficient (Wildman–Crippen LogP) is 8.69. The lowest BCUT2D eigenvalue weighted by molar-refractivity contribution is 0.208. The quantitative estimate of drug-likeness (QED) is 0.105. The summed E-state index contributed by atoms with van der Waals surface area (Å²) < 4.78 is 0. The summed E-state index contributed by atoms with van der Waals surface area (Å²) in [5, 5.41) is 9.66. The van der Waals surface area contributed by atoms with Crippen LogP contribution in [-0.4, -0.2) is 11.2 Å². The molecule has 1 heteroatoms. The highest BCUT2D eigenvalue weighted by Gasteiger charge is 1.98. The molecule has 1 atom stereocenters. The van der Waals surface area contributed by atoms with E-state index in [2.05, 4.69) is 30.1 Å². The van der Waals surface area contributed by atoms with E-state index < -0.39 is 0 Å². The Morgan fingerprint density at radius 3 is 1.35 bits per heavy atom. The third-order valence-electron chi connectivity index (χ3n) is 5.66. The van der Waals surface area contributed by atoms with Gasteiger partial charge in [0, 0.05) is 0 Å². The summed E-state index contributed by atoms with van der Waals surface area (Å²) >= 11 is 0. The second-order valence-corrected chi connectivity index (χ2v) is 8.59. The maximum atomic E-state index is 9.66. The number of rotatable bonds is 22. The molecule has 0 fully saturated rings. The van der Waals surface area contributed by atoms with Crippen LogP contribution in [0.5, 0.6) is 0 Å². The van der Waals surface area contributed by atoms with E-state index >= 15 is 0 Å². The maximum Gasteiger partial charge on any atom is 0.0730 e. The third kappa shape index (κ3) is 26.3.